The van der Waals surface area contributed by atoms with Gasteiger partial charge in [-0.2, -0.15) is 0 Å². The Kier molecular flexibility index (Phi) is 8.61. The van der Waals surface area contributed by atoms with Crippen molar-refractivity contribution in [1.82, 2.24) is 10.2 Å². The molecule has 0 radical (unpaired) electrons. The maximum absolute atomic E-state index is 13.6. The van der Waals surface area contributed by atoms with Crippen LogP contribution in [0, 0.1) is 5.92 Å². The summed E-state index contributed by atoms with van der Waals surface area (Å²) in [5.41, 5.74) is 2.74. The number of carbonyl (C=O) groups excluding carboxylic acids is 2. The van der Waals surface area contributed by atoms with Crippen LogP contribution >= 0.6 is 0 Å². The first-order chi connectivity index (χ1) is 15.5. The Morgan fingerprint density at radius 1 is 0.781 bits per heavy atom. The highest BCUT2D eigenvalue weighted by Gasteiger charge is 2.31. The molecule has 0 aliphatic heterocycles. The monoisotopic (exact) mass is 428 g/mol. The summed E-state index contributed by atoms with van der Waals surface area (Å²) in [7, 11) is 0. The maximum atomic E-state index is 13.6. The van der Waals surface area contributed by atoms with Crippen LogP contribution < -0.4 is 5.32 Å². The van der Waals surface area contributed by atoms with Crippen molar-refractivity contribution in [2.24, 2.45) is 5.92 Å². The van der Waals surface area contributed by atoms with Crippen LogP contribution in [0.3, 0.4) is 0 Å². The van der Waals surface area contributed by atoms with Crippen LogP contribution in [0.2, 0.25) is 0 Å². The summed E-state index contributed by atoms with van der Waals surface area (Å²) in [5.74, 6) is 0.271. The lowest BCUT2D eigenvalue weighted by Gasteiger charge is -2.32. The quantitative estimate of drug-likeness (QED) is 0.485. The van der Waals surface area contributed by atoms with Crippen LogP contribution in [-0.2, 0) is 22.6 Å². The van der Waals surface area contributed by atoms with Crippen molar-refractivity contribution < 1.29 is 9.59 Å². The molecule has 166 valence electrons. The molecule has 0 bridgehead atoms. The molecule has 4 nitrogen and oxygen atoms in total. The van der Waals surface area contributed by atoms with Gasteiger partial charge in [0.05, 0.1) is 6.42 Å². The SMILES string of the molecule is CC(C)CCNC(=O)C(c1ccccc1)N(Cc1ccccc1)C(=O)Cc1ccccc1. The molecule has 3 aromatic rings. The van der Waals surface area contributed by atoms with E-state index < -0.39 is 6.04 Å². The van der Waals surface area contributed by atoms with E-state index in [1.807, 2.05) is 91.0 Å². The lowest BCUT2D eigenvalue weighted by molar-refractivity contribution is -0.141. The zero-order valence-corrected chi connectivity index (χ0v) is 18.9. The average Bonchev–Trinajstić information content (AvgIpc) is 2.80. The van der Waals surface area contributed by atoms with Gasteiger partial charge in [0.1, 0.15) is 6.04 Å². The summed E-state index contributed by atoms with van der Waals surface area (Å²) < 4.78 is 0. The van der Waals surface area contributed by atoms with Gasteiger partial charge >= 0.3 is 0 Å². The van der Waals surface area contributed by atoms with E-state index in [1.54, 1.807) is 4.90 Å². The van der Waals surface area contributed by atoms with Crippen molar-refractivity contribution >= 4 is 11.8 Å². The first-order valence-corrected chi connectivity index (χ1v) is 11.2. The normalized spacial score (nSPS) is 11.7. The Morgan fingerprint density at radius 2 is 1.31 bits per heavy atom. The van der Waals surface area contributed by atoms with Crippen molar-refractivity contribution in [2.75, 3.05) is 6.54 Å². The van der Waals surface area contributed by atoms with Crippen LogP contribution in [0.1, 0.15) is 43.0 Å². The minimum absolute atomic E-state index is 0.0760. The van der Waals surface area contributed by atoms with Gasteiger partial charge in [-0.3, -0.25) is 9.59 Å². The van der Waals surface area contributed by atoms with Gasteiger partial charge in [0.2, 0.25) is 11.8 Å². The second-order valence-corrected chi connectivity index (χ2v) is 8.46. The summed E-state index contributed by atoms with van der Waals surface area (Å²) in [4.78, 5) is 28.7. The van der Waals surface area contributed by atoms with Crippen LogP contribution in [0.25, 0.3) is 0 Å². The molecule has 1 atom stereocenters. The van der Waals surface area contributed by atoms with Crippen LogP contribution in [0.4, 0.5) is 0 Å². The third-order valence-electron chi connectivity index (χ3n) is 5.41. The molecule has 1 N–H and O–H groups in total. The van der Waals surface area contributed by atoms with Gasteiger partial charge in [-0.15, -0.1) is 0 Å². The first kappa shape index (κ1) is 23.3. The molecule has 0 saturated carbocycles. The van der Waals surface area contributed by atoms with E-state index in [9.17, 15) is 9.59 Å². The largest absolute Gasteiger partial charge is 0.354 e. The van der Waals surface area contributed by atoms with E-state index in [0.717, 1.165) is 23.1 Å². The highest BCUT2D eigenvalue weighted by molar-refractivity contribution is 5.89. The molecule has 0 saturated heterocycles. The molecule has 0 fully saturated rings. The van der Waals surface area contributed by atoms with E-state index in [0.29, 0.717) is 19.0 Å². The molecule has 0 aliphatic carbocycles. The van der Waals surface area contributed by atoms with Gasteiger partial charge in [-0.1, -0.05) is 105 Å². The number of hydrogen-bond donors (Lipinski definition) is 1. The third-order valence-corrected chi connectivity index (χ3v) is 5.41. The second-order valence-electron chi connectivity index (χ2n) is 8.46. The van der Waals surface area contributed by atoms with Gasteiger partial charge in [0.15, 0.2) is 0 Å². The molecule has 2 amide bonds. The molecular weight excluding hydrogens is 396 g/mol. The number of rotatable bonds is 10. The number of hydrogen-bond acceptors (Lipinski definition) is 2. The lowest BCUT2D eigenvalue weighted by Crippen LogP contribution is -2.44. The fourth-order valence-electron chi connectivity index (χ4n) is 3.66. The van der Waals surface area contributed by atoms with Gasteiger partial charge in [0.25, 0.3) is 0 Å². The molecule has 0 aromatic heterocycles. The Morgan fingerprint density at radius 3 is 1.88 bits per heavy atom. The van der Waals surface area contributed by atoms with Crippen molar-refractivity contribution in [3.63, 3.8) is 0 Å². The van der Waals surface area contributed by atoms with E-state index in [2.05, 4.69) is 19.2 Å². The molecule has 3 rings (SSSR count). The number of benzene rings is 3. The predicted molar refractivity (Wildman–Crippen MR) is 129 cm³/mol. The summed E-state index contributed by atoms with van der Waals surface area (Å²) in [6.07, 6.45) is 1.14. The summed E-state index contributed by atoms with van der Waals surface area (Å²) in [6.45, 7) is 5.22. The molecule has 1 unspecified atom stereocenters. The number of nitrogens with one attached hydrogen (secondary N) is 1. The van der Waals surface area contributed by atoms with E-state index in [1.165, 1.54) is 0 Å². The first-order valence-electron chi connectivity index (χ1n) is 11.2. The van der Waals surface area contributed by atoms with Crippen LogP contribution in [0.5, 0.6) is 0 Å². The Hall–Kier alpha value is -3.40. The van der Waals surface area contributed by atoms with Gasteiger partial charge in [0, 0.05) is 13.1 Å². The fourth-order valence-corrected chi connectivity index (χ4v) is 3.66. The van der Waals surface area contributed by atoms with E-state index >= 15 is 0 Å². The van der Waals surface area contributed by atoms with Gasteiger partial charge in [-0.25, -0.2) is 0 Å². The van der Waals surface area contributed by atoms with Crippen molar-refractivity contribution in [3.8, 4) is 0 Å². The summed E-state index contributed by atoms with van der Waals surface area (Å²) >= 11 is 0. The molecule has 32 heavy (non-hydrogen) atoms. The van der Waals surface area contributed by atoms with Crippen LogP contribution in [-0.4, -0.2) is 23.3 Å². The number of amides is 2. The predicted octanol–water partition coefficient (Wildman–Crippen LogP) is 5.16. The minimum atomic E-state index is -0.695. The molecule has 0 spiro atoms. The highest BCUT2D eigenvalue weighted by Crippen LogP contribution is 2.25. The molecule has 4 heteroatoms. The second kappa shape index (κ2) is 11.8. The highest BCUT2D eigenvalue weighted by atomic mass is 16.2. The van der Waals surface area contributed by atoms with Gasteiger partial charge in [-0.05, 0) is 29.0 Å². The zero-order chi connectivity index (χ0) is 22.8. The third kappa shape index (κ3) is 6.81. The number of carbonyl (C=O) groups is 2. The molecule has 0 aliphatic rings. The molecular formula is C28H32N2O2. The summed E-state index contributed by atoms with van der Waals surface area (Å²) in [5, 5.41) is 3.06. The topological polar surface area (TPSA) is 49.4 Å². The summed E-state index contributed by atoms with van der Waals surface area (Å²) in [6, 6.07) is 28.4. The Balaban J connectivity index is 1.93. The number of nitrogens with zero attached hydrogens (tertiary/aromatic N) is 1. The minimum Gasteiger partial charge on any atom is -0.354 e. The molecule has 0 heterocycles. The zero-order valence-electron chi connectivity index (χ0n) is 18.9. The van der Waals surface area contributed by atoms with Crippen LogP contribution in [0.15, 0.2) is 91.0 Å². The smallest absolute Gasteiger partial charge is 0.247 e. The Bertz CT molecular complexity index is 972. The fraction of sp³-hybridized carbons (Fsp3) is 0.286. The Labute approximate surface area is 191 Å². The van der Waals surface area contributed by atoms with Crippen molar-refractivity contribution in [3.05, 3.63) is 108 Å². The average molecular weight is 429 g/mol. The van der Waals surface area contributed by atoms with E-state index in [4.69, 9.17) is 0 Å². The van der Waals surface area contributed by atoms with Crippen molar-refractivity contribution in [2.45, 2.75) is 39.3 Å². The standard InChI is InChI=1S/C28H32N2O2/c1-22(2)18-19-29-28(32)27(25-16-10-5-11-17-25)30(21-24-14-8-4-9-15-24)26(31)20-23-12-6-3-7-13-23/h3-17,22,27H,18-21H2,1-2H3,(H,29,32). The van der Waals surface area contributed by atoms with E-state index in [-0.39, 0.29) is 18.2 Å². The maximum Gasteiger partial charge on any atom is 0.247 e. The molecule has 3 aromatic carbocycles. The van der Waals surface area contributed by atoms with Crippen molar-refractivity contribution in [1.29, 1.82) is 0 Å². The lowest BCUT2D eigenvalue weighted by atomic mass is 10.0. The van der Waals surface area contributed by atoms with Gasteiger partial charge < -0.3 is 10.2 Å².